The van der Waals surface area contributed by atoms with Gasteiger partial charge in [-0.25, -0.2) is 4.98 Å². The zero-order valence-corrected chi connectivity index (χ0v) is 16.7. The lowest BCUT2D eigenvalue weighted by Crippen LogP contribution is -1.96. The van der Waals surface area contributed by atoms with Gasteiger partial charge >= 0.3 is 0 Å². The lowest BCUT2D eigenvalue weighted by atomic mass is 10.1. The van der Waals surface area contributed by atoms with E-state index in [1.165, 1.54) is 6.08 Å². The molecule has 0 radical (unpaired) electrons. The Hall–Kier alpha value is -3.18. The second-order valence-corrected chi connectivity index (χ2v) is 7.42. The molecule has 0 aliphatic heterocycles. The monoisotopic (exact) mass is 432 g/mol. The van der Waals surface area contributed by atoms with E-state index in [0.29, 0.717) is 0 Å². The molecule has 4 nitrogen and oxygen atoms in total. The largest absolute Gasteiger partial charge is 0.507 e. The average molecular weight is 433 g/mol. The van der Waals surface area contributed by atoms with Gasteiger partial charge in [-0.1, -0.05) is 40.2 Å². The van der Waals surface area contributed by atoms with Crippen LogP contribution in [0.15, 0.2) is 77.4 Å². The maximum atomic E-state index is 12.6. The molecule has 0 saturated carbocycles. The number of aromatic nitrogens is 2. The Morgan fingerprint density at radius 1 is 1.11 bits per heavy atom. The highest BCUT2D eigenvalue weighted by atomic mass is 79.9. The van der Waals surface area contributed by atoms with Crippen molar-refractivity contribution in [1.82, 2.24) is 9.38 Å². The number of rotatable bonds is 4. The van der Waals surface area contributed by atoms with Gasteiger partial charge in [-0.2, -0.15) is 0 Å². The number of phenols is 1. The summed E-state index contributed by atoms with van der Waals surface area (Å²) in [5.74, 6) is -0.272. The van der Waals surface area contributed by atoms with Crippen LogP contribution in [0.25, 0.3) is 23.0 Å². The predicted octanol–water partition coefficient (Wildman–Crippen LogP) is 5.67. The quantitative estimate of drug-likeness (QED) is 0.333. The van der Waals surface area contributed by atoms with Crippen LogP contribution in [0.4, 0.5) is 0 Å². The van der Waals surface area contributed by atoms with E-state index in [0.717, 1.165) is 32.6 Å². The summed E-state index contributed by atoms with van der Waals surface area (Å²) in [6.07, 6.45) is 5.14. The van der Waals surface area contributed by atoms with E-state index in [-0.39, 0.29) is 17.1 Å². The molecule has 0 atom stereocenters. The minimum absolute atomic E-state index is 0.0130. The number of halogens is 1. The molecule has 2 aromatic carbocycles. The maximum absolute atomic E-state index is 12.6. The standard InChI is InChI=1S/C23H17BrN2O2/c1-15-5-10-18(21(28)14-15)20(27)12-11-19-23(16-6-8-17(24)9-7-16)25-22-4-2-3-13-26(19)22/h2-14,28H,1H3/b12-11+. The molecule has 4 aromatic rings. The SMILES string of the molecule is Cc1ccc(C(=O)/C=C/c2c(-c3ccc(Br)cc3)nc3ccccn23)c(O)c1. The maximum Gasteiger partial charge on any atom is 0.189 e. The highest BCUT2D eigenvalue weighted by Gasteiger charge is 2.13. The molecule has 2 heterocycles. The zero-order chi connectivity index (χ0) is 19.7. The van der Waals surface area contributed by atoms with E-state index in [2.05, 4.69) is 15.9 Å². The van der Waals surface area contributed by atoms with Gasteiger partial charge in [0.1, 0.15) is 11.4 Å². The molecule has 28 heavy (non-hydrogen) atoms. The van der Waals surface area contributed by atoms with Gasteiger partial charge in [0, 0.05) is 16.2 Å². The third kappa shape index (κ3) is 3.49. The molecule has 138 valence electrons. The molecule has 0 aliphatic carbocycles. The van der Waals surface area contributed by atoms with E-state index in [1.54, 1.807) is 18.2 Å². The Morgan fingerprint density at radius 2 is 1.89 bits per heavy atom. The predicted molar refractivity (Wildman–Crippen MR) is 115 cm³/mol. The first kappa shape index (κ1) is 18.2. The number of allylic oxidation sites excluding steroid dienone is 1. The summed E-state index contributed by atoms with van der Waals surface area (Å²) in [5, 5.41) is 10.1. The van der Waals surface area contributed by atoms with Gasteiger partial charge in [0.25, 0.3) is 0 Å². The van der Waals surface area contributed by atoms with Crippen molar-refractivity contribution in [2.24, 2.45) is 0 Å². The Morgan fingerprint density at radius 3 is 2.64 bits per heavy atom. The van der Waals surface area contributed by atoms with Crippen LogP contribution in [-0.2, 0) is 0 Å². The lowest BCUT2D eigenvalue weighted by Gasteiger charge is -2.03. The van der Waals surface area contributed by atoms with Crippen molar-refractivity contribution >= 4 is 33.4 Å². The fraction of sp³-hybridized carbons (Fsp3) is 0.0435. The number of hydrogen-bond donors (Lipinski definition) is 1. The van der Waals surface area contributed by atoms with Gasteiger partial charge in [0.2, 0.25) is 0 Å². The minimum Gasteiger partial charge on any atom is -0.507 e. The number of phenolic OH excluding ortho intramolecular Hbond substituents is 1. The lowest BCUT2D eigenvalue weighted by molar-refractivity contribution is 0.104. The van der Waals surface area contributed by atoms with Crippen molar-refractivity contribution < 1.29 is 9.90 Å². The van der Waals surface area contributed by atoms with Crippen LogP contribution >= 0.6 is 15.9 Å². The van der Waals surface area contributed by atoms with Crippen LogP contribution in [0.1, 0.15) is 21.6 Å². The van der Waals surface area contributed by atoms with Gasteiger partial charge in [0.05, 0.1) is 17.0 Å². The molecule has 0 aliphatic rings. The molecule has 4 rings (SSSR count). The summed E-state index contributed by atoms with van der Waals surface area (Å²) in [6.45, 7) is 1.87. The van der Waals surface area contributed by atoms with Crippen molar-refractivity contribution in [3.05, 3.63) is 94.2 Å². The van der Waals surface area contributed by atoms with Crippen LogP contribution in [0, 0.1) is 6.92 Å². The summed E-state index contributed by atoms with van der Waals surface area (Å²) in [5.41, 5.74) is 4.52. The van der Waals surface area contributed by atoms with Crippen molar-refractivity contribution in [3.8, 4) is 17.0 Å². The van der Waals surface area contributed by atoms with Crippen molar-refractivity contribution in [1.29, 1.82) is 0 Å². The van der Waals surface area contributed by atoms with Gasteiger partial charge in [-0.3, -0.25) is 9.20 Å². The number of carbonyl (C=O) groups is 1. The number of aromatic hydroxyl groups is 1. The Kier molecular flexibility index (Phi) is 4.84. The van der Waals surface area contributed by atoms with Gasteiger partial charge in [0.15, 0.2) is 5.78 Å². The topological polar surface area (TPSA) is 54.6 Å². The van der Waals surface area contributed by atoms with E-state index in [1.807, 2.05) is 66.1 Å². The van der Waals surface area contributed by atoms with Gasteiger partial charge in [-0.05, 0) is 61.0 Å². The first-order valence-corrected chi connectivity index (χ1v) is 9.57. The van der Waals surface area contributed by atoms with Crippen LogP contribution in [0.2, 0.25) is 0 Å². The molecule has 0 fully saturated rings. The van der Waals surface area contributed by atoms with Crippen LogP contribution in [0.3, 0.4) is 0 Å². The number of nitrogens with zero attached hydrogens (tertiary/aromatic N) is 2. The number of aryl methyl sites for hydroxylation is 1. The molecule has 0 amide bonds. The molecular formula is C23H17BrN2O2. The summed E-state index contributed by atoms with van der Waals surface area (Å²) in [6, 6.07) is 18.7. The van der Waals surface area contributed by atoms with Crippen LogP contribution < -0.4 is 0 Å². The van der Waals surface area contributed by atoms with Crippen molar-refractivity contribution in [2.45, 2.75) is 6.92 Å². The first-order chi connectivity index (χ1) is 13.5. The third-order valence-corrected chi connectivity index (χ3v) is 5.02. The van der Waals surface area contributed by atoms with Crippen LogP contribution in [0.5, 0.6) is 5.75 Å². The Balaban J connectivity index is 1.79. The zero-order valence-electron chi connectivity index (χ0n) is 15.1. The highest BCUT2D eigenvalue weighted by Crippen LogP contribution is 2.27. The smallest absolute Gasteiger partial charge is 0.189 e. The van der Waals surface area contributed by atoms with Gasteiger partial charge < -0.3 is 5.11 Å². The normalized spacial score (nSPS) is 11.4. The molecule has 1 N–H and O–H groups in total. The Bertz CT molecular complexity index is 1210. The average Bonchev–Trinajstić information content (AvgIpc) is 3.05. The molecule has 0 bridgehead atoms. The second-order valence-electron chi connectivity index (χ2n) is 6.50. The van der Waals surface area contributed by atoms with Crippen molar-refractivity contribution in [3.63, 3.8) is 0 Å². The Labute approximate surface area is 170 Å². The number of imidazole rings is 1. The molecule has 0 spiro atoms. The van der Waals surface area contributed by atoms with Crippen LogP contribution in [-0.4, -0.2) is 20.3 Å². The summed E-state index contributed by atoms with van der Waals surface area (Å²) in [4.78, 5) is 17.3. The fourth-order valence-electron chi connectivity index (χ4n) is 3.09. The minimum atomic E-state index is -0.259. The first-order valence-electron chi connectivity index (χ1n) is 8.78. The molecule has 0 saturated heterocycles. The summed E-state index contributed by atoms with van der Waals surface area (Å²) >= 11 is 3.45. The summed E-state index contributed by atoms with van der Waals surface area (Å²) in [7, 11) is 0. The van der Waals surface area contributed by atoms with Gasteiger partial charge in [-0.15, -0.1) is 0 Å². The number of hydrogen-bond acceptors (Lipinski definition) is 3. The molecular weight excluding hydrogens is 416 g/mol. The number of fused-ring (bicyclic) bond motifs is 1. The van der Waals surface area contributed by atoms with E-state index >= 15 is 0 Å². The number of carbonyl (C=O) groups excluding carboxylic acids is 1. The third-order valence-electron chi connectivity index (χ3n) is 4.50. The van der Waals surface area contributed by atoms with E-state index in [9.17, 15) is 9.90 Å². The molecule has 5 heteroatoms. The highest BCUT2D eigenvalue weighted by molar-refractivity contribution is 9.10. The number of pyridine rings is 1. The summed E-state index contributed by atoms with van der Waals surface area (Å²) < 4.78 is 2.93. The van der Waals surface area contributed by atoms with E-state index < -0.39 is 0 Å². The molecule has 0 unspecified atom stereocenters. The van der Waals surface area contributed by atoms with E-state index in [4.69, 9.17) is 4.98 Å². The second kappa shape index (κ2) is 7.44. The molecule has 2 aromatic heterocycles. The fourth-order valence-corrected chi connectivity index (χ4v) is 3.35. The number of benzene rings is 2. The van der Waals surface area contributed by atoms with Crippen molar-refractivity contribution in [2.75, 3.05) is 0 Å². The number of ketones is 1.